The molecule has 0 bridgehead atoms. The summed E-state index contributed by atoms with van der Waals surface area (Å²) in [6, 6.07) is 5.23. The Labute approximate surface area is 100.0 Å². The lowest BCUT2D eigenvalue weighted by Gasteiger charge is -2.36. The van der Waals surface area contributed by atoms with Crippen LogP contribution >= 0.6 is 11.6 Å². The Balaban J connectivity index is 2.37. The van der Waals surface area contributed by atoms with Gasteiger partial charge < -0.3 is 9.64 Å². The van der Waals surface area contributed by atoms with Crippen LogP contribution in [0.5, 0.6) is 0 Å². The monoisotopic (exact) mass is 243 g/mol. The number of hydrogen-bond donors (Lipinski definition) is 0. The summed E-state index contributed by atoms with van der Waals surface area (Å²) in [5, 5.41) is 0. The summed E-state index contributed by atoms with van der Waals surface area (Å²) in [4.78, 5) is 2.04. The number of halogens is 2. The Bertz CT molecular complexity index is 372. The molecule has 0 saturated carbocycles. The Morgan fingerprint density at radius 1 is 1.56 bits per heavy atom. The van der Waals surface area contributed by atoms with Crippen molar-refractivity contribution in [3.63, 3.8) is 0 Å². The number of rotatable bonds is 2. The van der Waals surface area contributed by atoms with Crippen molar-refractivity contribution in [1.82, 2.24) is 0 Å². The van der Waals surface area contributed by atoms with E-state index in [9.17, 15) is 4.39 Å². The fraction of sp³-hybridized carbons (Fsp3) is 0.500. The molecule has 0 N–H and O–H groups in total. The Morgan fingerprint density at radius 2 is 2.38 bits per heavy atom. The van der Waals surface area contributed by atoms with Crippen LogP contribution in [0.2, 0.25) is 0 Å². The molecule has 0 aromatic heterocycles. The predicted molar refractivity (Wildman–Crippen MR) is 63.6 cm³/mol. The molecule has 0 radical (unpaired) electrons. The Hall–Kier alpha value is -0.800. The molecule has 1 aliphatic heterocycles. The van der Waals surface area contributed by atoms with Gasteiger partial charge in [-0.1, -0.05) is 12.1 Å². The van der Waals surface area contributed by atoms with Crippen molar-refractivity contribution < 1.29 is 9.13 Å². The molecule has 0 amide bonds. The number of alkyl halides is 1. The number of para-hydroxylation sites is 1. The molecule has 0 spiro atoms. The number of nitrogens with zero attached hydrogens (tertiary/aromatic N) is 1. The lowest BCUT2D eigenvalue weighted by atomic mass is 10.1. The van der Waals surface area contributed by atoms with E-state index in [1.165, 1.54) is 6.07 Å². The quantitative estimate of drug-likeness (QED) is 0.741. The SMILES string of the molecule is CC1COCCN1c1c(F)cccc1CCl. The number of anilines is 1. The van der Waals surface area contributed by atoms with Gasteiger partial charge in [0.05, 0.1) is 18.9 Å². The zero-order valence-corrected chi connectivity index (χ0v) is 10.0. The molecule has 16 heavy (non-hydrogen) atoms. The average molecular weight is 244 g/mol. The van der Waals surface area contributed by atoms with Crippen LogP contribution in [0.1, 0.15) is 12.5 Å². The van der Waals surface area contributed by atoms with E-state index in [0.29, 0.717) is 31.3 Å². The Kier molecular flexibility index (Phi) is 3.66. The normalized spacial score (nSPS) is 21.2. The molecule has 4 heteroatoms. The van der Waals surface area contributed by atoms with Crippen molar-refractivity contribution in [2.75, 3.05) is 24.7 Å². The van der Waals surface area contributed by atoms with Gasteiger partial charge in [-0.15, -0.1) is 11.6 Å². The molecule has 1 aliphatic rings. The first-order valence-electron chi connectivity index (χ1n) is 5.41. The second-order valence-corrected chi connectivity index (χ2v) is 4.27. The van der Waals surface area contributed by atoms with Crippen LogP contribution in [0, 0.1) is 5.82 Å². The molecule has 1 unspecified atom stereocenters. The van der Waals surface area contributed by atoms with Gasteiger partial charge in [-0.2, -0.15) is 0 Å². The fourth-order valence-corrected chi connectivity index (χ4v) is 2.26. The summed E-state index contributed by atoms with van der Waals surface area (Å²) in [7, 11) is 0. The zero-order valence-electron chi connectivity index (χ0n) is 9.25. The van der Waals surface area contributed by atoms with Crippen LogP contribution in [0.4, 0.5) is 10.1 Å². The molecule has 2 rings (SSSR count). The van der Waals surface area contributed by atoms with E-state index in [4.69, 9.17) is 16.3 Å². The van der Waals surface area contributed by atoms with E-state index in [1.54, 1.807) is 6.07 Å². The minimum Gasteiger partial charge on any atom is -0.377 e. The minimum absolute atomic E-state index is 0.188. The fourth-order valence-electron chi connectivity index (χ4n) is 2.05. The van der Waals surface area contributed by atoms with Crippen molar-refractivity contribution >= 4 is 17.3 Å². The topological polar surface area (TPSA) is 12.5 Å². The van der Waals surface area contributed by atoms with Gasteiger partial charge in [0.2, 0.25) is 0 Å². The first kappa shape index (κ1) is 11.7. The van der Waals surface area contributed by atoms with E-state index in [1.807, 2.05) is 17.9 Å². The summed E-state index contributed by atoms with van der Waals surface area (Å²) in [6.07, 6.45) is 0. The van der Waals surface area contributed by atoms with Crippen molar-refractivity contribution in [2.24, 2.45) is 0 Å². The van der Waals surface area contributed by atoms with Crippen LogP contribution in [0.25, 0.3) is 0 Å². The maximum absolute atomic E-state index is 13.9. The first-order valence-corrected chi connectivity index (χ1v) is 5.95. The summed E-state index contributed by atoms with van der Waals surface area (Å²) in [5.74, 6) is 0.129. The van der Waals surface area contributed by atoms with Crippen LogP contribution in [0.15, 0.2) is 18.2 Å². The number of benzene rings is 1. The molecule has 88 valence electrons. The number of morpholine rings is 1. The highest BCUT2D eigenvalue weighted by molar-refractivity contribution is 6.17. The summed E-state index contributed by atoms with van der Waals surface area (Å²) >= 11 is 5.85. The third-order valence-electron chi connectivity index (χ3n) is 2.87. The van der Waals surface area contributed by atoms with Gasteiger partial charge in [0.25, 0.3) is 0 Å². The van der Waals surface area contributed by atoms with E-state index < -0.39 is 0 Å². The van der Waals surface area contributed by atoms with Gasteiger partial charge in [-0.25, -0.2) is 4.39 Å². The third-order valence-corrected chi connectivity index (χ3v) is 3.16. The van der Waals surface area contributed by atoms with E-state index >= 15 is 0 Å². The highest BCUT2D eigenvalue weighted by atomic mass is 35.5. The molecule has 1 heterocycles. The highest BCUT2D eigenvalue weighted by Gasteiger charge is 2.23. The molecule has 1 aromatic carbocycles. The zero-order chi connectivity index (χ0) is 11.5. The molecule has 1 aromatic rings. The molecule has 2 nitrogen and oxygen atoms in total. The average Bonchev–Trinajstić information content (AvgIpc) is 2.30. The van der Waals surface area contributed by atoms with Gasteiger partial charge in [0.15, 0.2) is 0 Å². The van der Waals surface area contributed by atoms with Crippen LogP contribution in [-0.2, 0) is 10.6 Å². The third kappa shape index (κ3) is 2.15. The molecule has 1 saturated heterocycles. The first-order chi connectivity index (χ1) is 7.74. The van der Waals surface area contributed by atoms with Crippen molar-refractivity contribution in [2.45, 2.75) is 18.8 Å². The van der Waals surface area contributed by atoms with Crippen LogP contribution in [-0.4, -0.2) is 25.8 Å². The standard InChI is InChI=1S/C12H15ClFNO/c1-9-8-16-6-5-15(9)12-10(7-13)3-2-4-11(12)14/h2-4,9H,5-8H2,1H3. The summed E-state index contributed by atoms with van der Waals surface area (Å²) in [6.45, 7) is 4.02. The van der Waals surface area contributed by atoms with Crippen molar-refractivity contribution in [3.05, 3.63) is 29.6 Å². The predicted octanol–water partition coefficient (Wildman–Crippen LogP) is 2.79. The molecular weight excluding hydrogens is 229 g/mol. The maximum atomic E-state index is 13.9. The second kappa shape index (κ2) is 5.02. The lowest BCUT2D eigenvalue weighted by molar-refractivity contribution is 0.0985. The van der Waals surface area contributed by atoms with Gasteiger partial charge in [0, 0.05) is 18.5 Å². The minimum atomic E-state index is -0.202. The van der Waals surface area contributed by atoms with Crippen molar-refractivity contribution in [3.8, 4) is 0 Å². The molecular formula is C12H15ClFNO. The number of ether oxygens (including phenoxy) is 1. The van der Waals surface area contributed by atoms with E-state index in [2.05, 4.69) is 0 Å². The summed E-state index contributed by atoms with van der Waals surface area (Å²) in [5.41, 5.74) is 1.48. The van der Waals surface area contributed by atoms with E-state index in [-0.39, 0.29) is 11.9 Å². The van der Waals surface area contributed by atoms with E-state index in [0.717, 1.165) is 5.56 Å². The van der Waals surface area contributed by atoms with Gasteiger partial charge in [-0.3, -0.25) is 0 Å². The largest absolute Gasteiger partial charge is 0.377 e. The molecule has 1 atom stereocenters. The molecule has 0 aliphatic carbocycles. The molecule has 1 fully saturated rings. The van der Waals surface area contributed by atoms with Gasteiger partial charge >= 0.3 is 0 Å². The van der Waals surface area contributed by atoms with Gasteiger partial charge in [-0.05, 0) is 18.6 Å². The highest BCUT2D eigenvalue weighted by Crippen LogP contribution is 2.28. The lowest BCUT2D eigenvalue weighted by Crippen LogP contribution is -2.44. The smallest absolute Gasteiger partial charge is 0.146 e. The Morgan fingerprint density at radius 3 is 3.06 bits per heavy atom. The van der Waals surface area contributed by atoms with Crippen LogP contribution in [0.3, 0.4) is 0 Å². The number of hydrogen-bond acceptors (Lipinski definition) is 2. The maximum Gasteiger partial charge on any atom is 0.146 e. The summed E-state index contributed by atoms with van der Waals surface area (Å²) < 4.78 is 19.2. The van der Waals surface area contributed by atoms with Crippen LogP contribution < -0.4 is 4.90 Å². The van der Waals surface area contributed by atoms with Crippen molar-refractivity contribution in [1.29, 1.82) is 0 Å². The second-order valence-electron chi connectivity index (χ2n) is 4.00. The van der Waals surface area contributed by atoms with Gasteiger partial charge in [0.1, 0.15) is 5.82 Å².